The predicted octanol–water partition coefficient (Wildman–Crippen LogP) is 3.69. The summed E-state index contributed by atoms with van der Waals surface area (Å²) < 4.78 is 0. The lowest BCUT2D eigenvalue weighted by atomic mass is 9.84. The molecule has 1 unspecified atom stereocenters. The molecule has 1 aliphatic carbocycles. The van der Waals surface area contributed by atoms with Crippen LogP contribution in [0.15, 0.2) is 30.6 Å². The van der Waals surface area contributed by atoms with Crippen LogP contribution < -0.4 is 11.1 Å². The Kier molecular flexibility index (Phi) is 9.35. The number of thiazole rings is 1. The van der Waals surface area contributed by atoms with Crippen molar-refractivity contribution in [1.29, 1.82) is 0 Å². The van der Waals surface area contributed by atoms with Crippen molar-refractivity contribution in [3.8, 4) is 10.7 Å². The van der Waals surface area contributed by atoms with Gasteiger partial charge < -0.3 is 11.1 Å². The van der Waals surface area contributed by atoms with E-state index in [2.05, 4.69) is 15.3 Å². The highest BCUT2D eigenvalue weighted by Gasteiger charge is 2.25. The van der Waals surface area contributed by atoms with Crippen molar-refractivity contribution < 1.29 is 4.79 Å². The van der Waals surface area contributed by atoms with E-state index >= 15 is 0 Å². The van der Waals surface area contributed by atoms with Crippen molar-refractivity contribution in [2.75, 3.05) is 6.54 Å². The van der Waals surface area contributed by atoms with Gasteiger partial charge in [-0.3, -0.25) is 9.78 Å². The number of hydrogen-bond donors (Lipinski definition) is 2. The van der Waals surface area contributed by atoms with Crippen LogP contribution in [0.2, 0.25) is 0 Å². The van der Waals surface area contributed by atoms with Crippen molar-refractivity contribution in [2.45, 2.75) is 38.1 Å². The number of nitrogens with one attached hydrogen (secondary N) is 1. The van der Waals surface area contributed by atoms with Crippen LogP contribution in [-0.2, 0) is 0 Å². The smallest absolute Gasteiger partial charge is 0.263 e. The fraction of sp³-hybridized carbons (Fsp3) is 0.471. The summed E-state index contributed by atoms with van der Waals surface area (Å²) in [6.45, 7) is 0.488. The molecule has 5 nitrogen and oxygen atoms in total. The van der Waals surface area contributed by atoms with Gasteiger partial charge in [0.05, 0.1) is 11.9 Å². The van der Waals surface area contributed by atoms with Gasteiger partial charge in [-0.25, -0.2) is 4.98 Å². The minimum absolute atomic E-state index is 0. The quantitative estimate of drug-likeness (QED) is 0.798. The van der Waals surface area contributed by atoms with E-state index in [9.17, 15) is 4.79 Å². The van der Waals surface area contributed by atoms with Gasteiger partial charge in [0.2, 0.25) is 0 Å². The minimum atomic E-state index is -0.0781. The number of carbonyl (C=O) groups excluding carboxylic acids is 1. The van der Waals surface area contributed by atoms with Crippen molar-refractivity contribution in [2.24, 2.45) is 11.7 Å². The van der Waals surface area contributed by atoms with E-state index < -0.39 is 0 Å². The average Bonchev–Trinajstić information content (AvgIpc) is 3.11. The molecule has 8 heteroatoms. The van der Waals surface area contributed by atoms with E-state index in [1.165, 1.54) is 30.6 Å². The third-order valence-corrected chi connectivity index (χ3v) is 5.42. The molecule has 2 heterocycles. The molecule has 1 atom stereocenters. The van der Waals surface area contributed by atoms with Gasteiger partial charge in [0, 0.05) is 18.8 Å². The van der Waals surface area contributed by atoms with Gasteiger partial charge in [-0.2, -0.15) is 0 Å². The van der Waals surface area contributed by atoms with Crippen LogP contribution in [0.4, 0.5) is 0 Å². The van der Waals surface area contributed by atoms with Crippen molar-refractivity contribution in [3.05, 3.63) is 35.5 Å². The summed E-state index contributed by atoms with van der Waals surface area (Å²) >= 11 is 1.37. The van der Waals surface area contributed by atoms with Gasteiger partial charge >= 0.3 is 0 Å². The first-order valence-electron chi connectivity index (χ1n) is 8.16. The molecule has 1 amide bonds. The van der Waals surface area contributed by atoms with Gasteiger partial charge in [-0.1, -0.05) is 25.3 Å². The van der Waals surface area contributed by atoms with Gasteiger partial charge in [0.25, 0.3) is 5.91 Å². The third kappa shape index (κ3) is 5.64. The molecular formula is C17H24Cl2N4OS. The zero-order valence-corrected chi connectivity index (χ0v) is 16.3. The zero-order chi connectivity index (χ0) is 16.1. The number of rotatable bonds is 5. The monoisotopic (exact) mass is 402 g/mol. The number of hydrogen-bond acceptors (Lipinski definition) is 5. The van der Waals surface area contributed by atoms with Gasteiger partial charge in [-0.15, -0.1) is 36.2 Å². The second-order valence-electron chi connectivity index (χ2n) is 5.96. The molecule has 0 aromatic carbocycles. The van der Waals surface area contributed by atoms with Crippen molar-refractivity contribution in [1.82, 2.24) is 15.3 Å². The molecule has 1 aliphatic rings. The maximum Gasteiger partial charge on any atom is 0.263 e. The summed E-state index contributed by atoms with van der Waals surface area (Å²) in [5.74, 6) is 0.423. The number of amides is 1. The summed E-state index contributed by atoms with van der Waals surface area (Å²) in [6, 6.07) is 5.73. The van der Waals surface area contributed by atoms with Crippen LogP contribution in [0.5, 0.6) is 0 Å². The fourth-order valence-electron chi connectivity index (χ4n) is 3.13. The Bertz CT molecular complexity index is 647. The highest BCUT2D eigenvalue weighted by molar-refractivity contribution is 7.16. The normalized spacial score (nSPS) is 15.6. The highest BCUT2D eigenvalue weighted by Crippen LogP contribution is 2.27. The molecule has 1 saturated carbocycles. The minimum Gasteiger partial charge on any atom is -0.347 e. The predicted molar refractivity (Wildman–Crippen MR) is 107 cm³/mol. The summed E-state index contributed by atoms with van der Waals surface area (Å²) in [7, 11) is 0. The standard InChI is InChI=1S/C17H22N4OS.2ClH/c18-10-14(12-6-2-1-3-7-12)21-16(22)15-11-20-17(23-15)13-8-4-5-9-19-13;;/h4-5,8-9,11-12,14H,1-3,6-7,10,18H2,(H,21,22);2*1H. The molecule has 0 saturated heterocycles. The number of aromatic nitrogens is 2. The molecule has 3 rings (SSSR count). The van der Waals surface area contributed by atoms with Crippen LogP contribution in [-0.4, -0.2) is 28.5 Å². The highest BCUT2D eigenvalue weighted by atomic mass is 35.5. The molecule has 2 aromatic rings. The molecule has 0 aliphatic heterocycles. The summed E-state index contributed by atoms with van der Waals surface area (Å²) in [6.07, 6.45) is 9.43. The van der Waals surface area contributed by atoms with Crippen LogP contribution in [0, 0.1) is 5.92 Å². The Balaban J connectivity index is 0.00000156. The second-order valence-corrected chi connectivity index (χ2v) is 6.99. The number of nitrogens with two attached hydrogens (primary N) is 1. The maximum absolute atomic E-state index is 12.5. The molecule has 138 valence electrons. The van der Waals surface area contributed by atoms with Crippen molar-refractivity contribution in [3.63, 3.8) is 0 Å². The Morgan fingerprint density at radius 2 is 2.00 bits per heavy atom. The third-order valence-electron chi connectivity index (χ3n) is 4.40. The van der Waals surface area contributed by atoms with Gasteiger partial charge in [-0.05, 0) is 30.9 Å². The summed E-state index contributed by atoms with van der Waals surface area (Å²) in [5.41, 5.74) is 6.68. The first-order valence-corrected chi connectivity index (χ1v) is 8.97. The molecule has 0 bridgehead atoms. The van der Waals surface area contributed by atoms with Crippen molar-refractivity contribution >= 4 is 42.1 Å². The molecule has 3 N–H and O–H groups in total. The number of pyridine rings is 1. The first kappa shape index (κ1) is 21.8. The van der Waals surface area contributed by atoms with E-state index in [0.29, 0.717) is 17.3 Å². The van der Waals surface area contributed by atoms with Crippen LogP contribution in [0.1, 0.15) is 41.8 Å². The Morgan fingerprint density at radius 1 is 1.24 bits per heavy atom. The Hall–Kier alpha value is -1.21. The molecule has 25 heavy (non-hydrogen) atoms. The van der Waals surface area contributed by atoms with E-state index in [-0.39, 0.29) is 36.8 Å². The molecular weight excluding hydrogens is 379 g/mol. The van der Waals surface area contributed by atoms with Crippen LogP contribution >= 0.6 is 36.2 Å². The number of carbonyl (C=O) groups is 1. The maximum atomic E-state index is 12.5. The van der Waals surface area contributed by atoms with E-state index in [1.54, 1.807) is 12.4 Å². The van der Waals surface area contributed by atoms with Gasteiger partial charge in [0.15, 0.2) is 0 Å². The largest absolute Gasteiger partial charge is 0.347 e. The first-order chi connectivity index (χ1) is 11.3. The molecule has 2 aromatic heterocycles. The van der Waals surface area contributed by atoms with Crippen LogP contribution in [0.25, 0.3) is 10.7 Å². The van der Waals surface area contributed by atoms with Gasteiger partial charge in [0.1, 0.15) is 9.88 Å². The number of halogens is 2. The SMILES string of the molecule is Cl.Cl.NCC(NC(=O)c1cnc(-c2ccccn2)s1)C1CCCCC1. The number of nitrogens with zero attached hydrogens (tertiary/aromatic N) is 2. The zero-order valence-electron chi connectivity index (χ0n) is 13.9. The topological polar surface area (TPSA) is 80.9 Å². The molecule has 1 fully saturated rings. The lowest BCUT2D eigenvalue weighted by molar-refractivity contribution is 0.0919. The van der Waals surface area contributed by atoms with E-state index in [4.69, 9.17) is 5.73 Å². The Morgan fingerprint density at radius 3 is 2.64 bits per heavy atom. The van der Waals surface area contributed by atoms with Crippen LogP contribution in [0.3, 0.4) is 0 Å². The molecule has 0 radical (unpaired) electrons. The van der Waals surface area contributed by atoms with E-state index in [0.717, 1.165) is 23.5 Å². The Labute approximate surface area is 164 Å². The second kappa shape index (κ2) is 10.7. The lowest BCUT2D eigenvalue weighted by Crippen LogP contribution is -2.45. The van der Waals surface area contributed by atoms with E-state index in [1.807, 2.05) is 18.2 Å². The molecule has 0 spiro atoms. The summed E-state index contributed by atoms with van der Waals surface area (Å²) in [4.78, 5) is 21.7. The average molecular weight is 403 g/mol. The summed E-state index contributed by atoms with van der Waals surface area (Å²) in [5, 5.41) is 3.87. The lowest BCUT2D eigenvalue weighted by Gasteiger charge is -2.29. The fourth-order valence-corrected chi connectivity index (χ4v) is 3.93.